The van der Waals surface area contributed by atoms with E-state index in [1.165, 1.54) is 0 Å². The molecule has 0 aliphatic heterocycles. The standard InChI is InChI=1S/C8H13N5S/c1-2-3-4-7-14-8-10-11-12-13(8)6-5-9/h4-7,9H2,1H3. The molecule has 14 heavy (non-hydrogen) atoms. The molecule has 1 heterocycles. The Morgan fingerprint density at radius 1 is 1.57 bits per heavy atom. The molecular formula is C8H13N5S. The van der Waals surface area contributed by atoms with E-state index < -0.39 is 0 Å². The Morgan fingerprint density at radius 2 is 2.43 bits per heavy atom. The van der Waals surface area contributed by atoms with Gasteiger partial charge in [0.15, 0.2) is 0 Å². The summed E-state index contributed by atoms with van der Waals surface area (Å²) < 4.78 is 1.71. The van der Waals surface area contributed by atoms with E-state index in [-0.39, 0.29) is 0 Å². The molecule has 0 amide bonds. The highest BCUT2D eigenvalue weighted by atomic mass is 32.2. The minimum absolute atomic E-state index is 0.549. The first-order chi connectivity index (χ1) is 6.88. The quantitative estimate of drug-likeness (QED) is 0.426. The maximum absolute atomic E-state index is 5.42. The molecule has 0 bridgehead atoms. The molecule has 0 aromatic carbocycles. The van der Waals surface area contributed by atoms with Crippen LogP contribution in [0, 0.1) is 11.8 Å². The van der Waals surface area contributed by atoms with Crippen LogP contribution in [0.3, 0.4) is 0 Å². The zero-order chi connectivity index (χ0) is 10.2. The van der Waals surface area contributed by atoms with Crippen molar-refractivity contribution < 1.29 is 0 Å². The summed E-state index contributed by atoms with van der Waals surface area (Å²) >= 11 is 1.60. The highest BCUT2D eigenvalue weighted by Gasteiger charge is 2.04. The van der Waals surface area contributed by atoms with Crippen molar-refractivity contribution in [2.45, 2.75) is 25.0 Å². The van der Waals surface area contributed by atoms with Crippen LogP contribution in [0.2, 0.25) is 0 Å². The largest absolute Gasteiger partial charge is 0.329 e. The van der Waals surface area contributed by atoms with E-state index in [1.54, 1.807) is 16.4 Å². The summed E-state index contributed by atoms with van der Waals surface area (Å²) in [6, 6.07) is 0. The maximum Gasteiger partial charge on any atom is 0.209 e. The molecule has 76 valence electrons. The fourth-order valence-corrected chi connectivity index (χ4v) is 1.64. The van der Waals surface area contributed by atoms with E-state index in [1.807, 2.05) is 6.92 Å². The Hall–Kier alpha value is -1.06. The van der Waals surface area contributed by atoms with E-state index >= 15 is 0 Å². The van der Waals surface area contributed by atoms with Crippen molar-refractivity contribution in [1.29, 1.82) is 0 Å². The number of thioether (sulfide) groups is 1. The molecule has 0 aliphatic rings. The fraction of sp³-hybridized carbons (Fsp3) is 0.625. The van der Waals surface area contributed by atoms with Crippen LogP contribution in [0.5, 0.6) is 0 Å². The molecule has 5 nitrogen and oxygen atoms in total. The Bertz CT molecular complexity index is 324. The predicted molar refractivity (Wildman–Crippen MR) is 55.7 cm³/mol. The number of tetrazole rings is 1. The number of nitrogens with zero attached hydrogens (tertiary/aromatic N) is 4. The monoisotopic (exact) mass is 211 g/mol. The van der Waals surface area contributed by atoms with E-state index in [9.17, 15) is 0 Å². The normalized spacial score (nSPS) is 9.57. The van der Waals surface area contributed by atoms with Gasteiger partial charge in [-0.3, -0.25) is 0 Å². The van der Waals surface area contributed by atoms with Gasteiger partial charge in [-0.1, -0.05) is 11.8 Å². The molecule has 0 atom stereocenters. The topological polar surface area (TPSA) is 69.6 Å². The van der Waals surface area contributed by atoms with Gasteiger partial charge in [0.25, 0.3) is 0 Å². The van der Waals surface area contributed by atoms with Crippen molar-refractivity contribution in [3.63, 3.8) is 0 Å². The maximum atomic E-state index is 5.42. The van der Waals surface area contributed by atoms with E-state index in [0.717, 1.165) is 17.3 Å². The van der Waals surface area contributed by atoms with Crippen LogP contribution in [0.1, 0.15) is 13.3 Å². The third kappa shape index (κ3) is 3.36. The smallest absolute Gasteiger partial charge is 0.209 e. The Labute approximate surface area is 87.4 Å². The van der Waals surface area contributed by atoms with Gasteiger partial charge in [0.2, 0.25) is 5.16 Å². The van der Waals surface area contributed by atoms with Crippen molar-refractivity contribution in [2.75, 3.05) is 12.3 Å². The van der Waals surface area contributed by atoms with Gasteiger partial charge in [0.1, 0.15) is 0 Å². The summed E-state index contributed by atoms with van der Waals surface area (Å²) in [5, 5.41) is 12.1. The van der Waals surface area contributed by atoms with Crippen LogP contribution >= 0.6 is 11.8 Å². The summed E-state index contributed by atoms with van der Waals surface area (Å²) in [5.74, 6) is 6.74. The van der Waals surface area contributed by atoms with E-state index in [4.69, 9.17) is 5.73 Å². The predicted octanol–water partition coefficient (Wildman–Crippen LogP) is 0.137. The minimum atomic E-state index is 0.549. The Balaban J connectivity index is 2.39. The summed E-state index contributed by atoms with van der Waals surface area (Å²) in [6.07, 6.45) is 0.858. The molecule has 0 radical (unpaired) electrons. The van der Waals surface area contributed by atoms with Crippen LogP contribution in [0.15, 0.2) is 5.16 Å². The molecule has 1 rings (SSSR count). The third-order valence-electron chi connectivity index (χ3n) is 1.47. The van der Waals surface area contributed by atoms with Crippen molar-refractivity contribution >= 4 is 11.8 Å². The molecular weight excluding hydrogens is 198 g/mol. The number of aromatic nitrogens is 4. The van der Waals surface area contributed by atoms with Crippen molar-refractivity contribution in [3.05, 3.63) is 0 Å². The van der Waals surface area contributed by atoms with E-state index in [2.05, 4.69) is 27.4 Å². The van der Waals surface area contributed by atoms with Gasteiger partial charge >= 0.3 is 0 Å². The summed E-state index contributed by atoms with van der Waals surface area (Å²) in [4.78, 5) is 0. The average molecular weight is 211 g/mol. The lowest BCUT2D eigenvalue weighted by Crippen LogP contribution is -2.12. The number of nitrogens with two attached hydrogens (primary N) is 1. The molecule has 0 aliphatic carbocycles. The zero-order valence-electron chi connectivity index (χ0n) is 8.10. The second kappa shape index (κ2) is 6.40. The van der Waals surface area contributed by atoms with Crippen LogP contribution in [0.4, 0.5) is 0 Å². The zero-order valence-corrected chi connectivity index (χ0v) is 8.92. The lowest BCUT2D eigenvalue weighted by Gasteiger charge is -1.99. The molecule has 0 saturated carbocycles. The first-order valence-electron chi connectivity index (χ1n) is 4.37. The molecule has 0 fully saturated rings. The van der Waals surface area contributed by atoms with Gasteiger partial charge in [0.05, 0.1) is 6.54 Å². The lowest BCUT2D eigenvalue weighted by molar-refractivity contribution is 0.557. The lowest BCUT2D eigenvalue weighted by atomic mass is 10.5. The number of rotatable bonds is 5. The molecule has 6 heteroatoms. The second-order valence-corrected chi connectivity index (χ2v) is 3.56. The molecule has 0 spiro atoms. The third-order valence-corrected chi connectivity index (χ3v) is 2.43. The minimum Gasteiger partial charge on any atom is -0.329 e. The first-order valence-corrected chi connectivity index (χ1v) is 5.35. The van der Waals surface area contributed by atoms with Crippen LogP contribution in [-0.2, 0) is 6.54 Å². The van der Waals surface area contributed by atoms with Crippen molar-refractivity contribution in [2.24, 2.45) is 5.73 Å². The highest BCUT2D eigenvalue weighted by Crippen LogP contribution is 2.13. The van der Waals surface area contributed by atoms with Gasteiger partial charge in [-0.05, 0) is 17.4 Å². The number of hydrogen-bond acceptors (Lipinski definition) is 5. The van der Waals surface area contributed by atoms with Gasteiger partial charge in [-0.25, -0.2) is 4.68 Å². The Kier molecular flexibility index (Phi) is 5.04. The summed E-state index contributed by atoms with van der Waals surface area (Å²) in [7, 11) is 0. The van der Waals surface area contributed by atoms with Crippen molar-refractivity contribution in [1.82, 2.24) is 20.2 Å². The van der Waals surface area contributed by atoms with Crippen LogP contribution < -0.4 is 5.73 Å². The molecule has 0 saturated heterocycles. The van der Waals surface area contributed by atoms with Gasteiger partial charge in [-0.15, -0.1) is 16.9 Å². The van der Waals surface area contributed by atoms with Crippen LogP contribution in [-0.4, -0.2) is 32.5 Å². The van der Waals surface area contributed by atoms with E-state index in [0.29, 0.717) is 13.1 Å². The number of hydrogen-bond donors (Lipinski definition) is 1. The average Bonchev–Trinajstić information content (AvgIpc) is 2.61. The summed E-state index contributed by atoms with van der Waals surface area (Å²) in [5.41, 5.74) is 5.42. The Morgan fingerprint density at radius 3 is 3.14 bits per heavy atom. The summed E-state index contributed by atoms with van der Waals surface area (Å²) in [6.45, 7) is 3.05. The molecule has 1 aromatic heterocycles. The van der Waals surface area contributed by atoms with Crippen molar-refractivity contribution in [3.8, 4) is 11.8 Å². The molecule has 0 unspecified atom stereocenters. The van der Waals surface area contributed by atoms with Gasteiger partial charge in [0, 0.05) is 18.7 Å². The molecule has 1 aromatic rings. The van der Waals surface area contributed by atoms with Gasteiger partial charge in [-0.2, -0.15) is 0 Å². The van der Waals surface area contributed by atoms with Crippen LogP contribution in [0.25, 0.3) is 0 Å². The van der Waals surface area contributed by atoms with Gasteiger partial charge < -0.3 is 5.73 Å². The molecule has 2 N–H and O–H groups in total. The highest BCUT2D eigenvalue weighted by molar-refractivity contribution is 7.99. The SMILES string of the molecule is CC#CCCSc1nnnn1CCN. The second-order valence-electron chi connectivity index (χ2n) is 2.50. The fourth-order valence-electron chi connectivity index (χ4n) is 0.881. The first kappa shape index (κ1) is 11.0.